The van der Waals surface area contributed by atoms with Gasteiger partial charge in [-0.25, -0.2) is 9.97 Å². The molecule has 1 aromatic heterocycles. The first-order valence-corrected chi connectivity index (χ1v) is 11.9. The van der Waals surface area contributed by atoms with Gasteiger partial charge in [0.2, 0.25) is 5.91 Å². The van der Waals surface area contributed by atoms with Gasteiger partial charge in [0.1, 0.15) is 6.33 Å². The van der Waals surface area contributed by atoms with Crippen LogP contribution in [-0.4, -0.2) is 70.2 Å². The van der Waals surface area contributed by atoms with E-state index in [0.717, 1.165) is 25.7 Å². The molecule has 1 saturated heterocycles. The third kappa shape index (κ3) is 4.39. The molecule has 0 bridgehead atoms. The van der Waals surface area contributed by atoms with E-state index in [2.05, 4.69) is 29.1 Å². The lowest BCUT2D eigenvalue weighted by molar-refractivity contribution is -0.153. The predicted octanol–water partition coefficient (Wildman–Crippen LogP) is 1.89. The van der Waals surface area contributed by atoms with Crippen molar-refractivity contribution in [2.24, 2.45) is 29.1 Å². The Bertz CT molecular complexity index is 815. The standard InChI is InChI=1S/C24H36N4O4/c1-15(23(31)28-8-10-32-11-9-28)18-4-6-24(3)7-5-19(16(2)20(24)21(18)29)27-22(30)17-12-25-14-26-13-17/h12-16,18-21,29H,4-11H2,1-3H3,(H,27,30)/t15-,16+,18+,19-,20+,21-,24-/m0/s1. The number of carbonyl (C=O) groups is 2. The van der Waals surface area contributed by atoms with Crippen molar-refractivity contribution >= 4 is 11.8 Å². The number of aliphatic hydroxyl groups excluding tert-OH is 1. The quantitative estimate of drug-likeness (QED) is 0.735. The zero-order chi connectivity index (χ0) is 22.9. The highest BCUT2D eigenvalue weighted by Gasteiger charge is 2.54. The molecule has 8 nitrogen and oxygen atoms in total. The summed E-state index contributed by atoms with van der Waals surface area (Å²) >= 11 is 0. The molecule has 3 aliphatic rings. The molecule has 0 spiro atoms. The predicted molar refractivity (Wildman–Crippen MR) is 119 cm³/mol. The Morgan fingerprint density at radius 3 is 2.56 bits per heavy atom. The maximum Gasteiger partial charge on any atom is 0.254 e. The number of aliphatic hydroxyl groups is 1. The second kappa shape index (κ2) is 9.43. The molecule has 32 heavy (non-hydrogen) atoms. The molecule has 176 valence electrons. The third-order valence-corrected chi connectivity index (χ3v) is 8.38. The fourth-order valence-corrected chi connectivity index (χ4v) is 6.42. The average molecular weight is 445 g/mol. The minimum Gasteiger partial charge on any atom is -0.392 e. The second-order valence-electron chi connectivity index (χ2n) is 10.2. The lowest BCUT2D eigenvalue weighted by atomic mass is 9.51. The van der Waals surface area contributed by atoms with Crippen molar-refractivity contribution in [3.05, 3.63) is 24.3 Å². The number of hydrogen-bond donors (Lipinski definition) is 2. The zero-order valence-electron chi connectivity index (χ0n) is 19.4. The van der Waals surface area contributed by atoms with Gasteiger partial charge in [-0.2, -0.15) is 0 Å². The monoisotopic (exact) mass is 444 g/mol. The minimum absolute atomic E-state index is 0.0220. The van der Waals surface area contributed by atoms with Gasteiger partial charge >= 0.3 is 0 Å². The molecule has 8 heteroatoms. The Hall–Kier alpha value is -2.06. The zero-order valence-corrected chi connectivity index (χ0v) is 19.4. The summed E-state index contributed by atoms with van der Waals surface area (Å²) < 4.78 is 5.38. The smallest absolute Gasteiger partial charge is 0.254 e. The molecule has 1 aliphatic heterocycles. The van der Waals surface area contributed by atoms with Crippen LogP contribution in [0.25, 0.3) is 0 Å². The number of fused-ring (bicyclic) bond motifs is 1. The molecule has 7 atom stereocenters. The van der Waals surface area contributed by atoms with Crippen LogP contribution in [0.15, 0.2) is 18.7 Å². The van der Waals surface area contributed by atoms with E-state index >= 15 is 0 Å². The summed E-state index contributed by atoms with van der Waals surface area (Å²) in [5.41, 5.74) is 0.466. The molecule has 1 aromatic rings. The molecule has 0 unspecified atom stereocenters. The number of hydrogen-bond acceptors (Lipinski definition) is 6. The Labute approximate surface area is 190 Å². The summed E-state index contributed by atoms with van der Waals surface area (Å²) in [5, 5.41) is 14.7. The number of ether oxygens (including phenoxy) is 1. The number of amides is 2. The molecule has 4 rings (SSSR count). The Kier molecular flexibility index (Phi) is 6.81. The molecule has 2 N–H and O–H groups in total. The molecule has 0 aromatic carbocycles. The lowest BCUT2D eigenvalue weighted by Crippen LogP contribution is -2.59. The van der Waals surface area contributed by atoms with Crippen LogP contribution in [0.5, 0.6) is 0 Å². The number of rotatable bonds is 4. The molecule has 2 saturated carbocycles. The van der Waals surface area contributed by atoms with E-state index in [1.54, 1.807) is 0 Å². The third-order valence-electron chi connectivity index (χ3n) is 8.38. The van der Waals surface area contributed by atoms with Crippen LogP contribution >= 0.6 is 0 Å². The van der Waals surface area contributed by atoms with Crippen LogP contribution in [0.2, 0.25) is 0 Å². The van der Waals surface area contributed by atoms with Gasteiger partial charge in [-0.3, -0.25) is 9.59 Å². The van der Waals surface area contributed by atoms with Crippen molar-refractivity contribution in [3.8, 4) is 0 Å². The van der Waals surface area contributed by atoms with Crippen LogP contribution in [0, 0.1) is 29.1 Å². The van der Waals surface area contributed by atoms with Gasteiger partial charge in [-0.05, 0) is 48.9 Å². The Morgan fingerprint density at radius 2 is 1.88 bits per heavy atom. The highest BCUT2D eigenvalue weighted by atomic mass is 16.5. The van der Waals surface area contributed by atoms with E-state index < -0.39 is 6.10 Å². The number of morpholine rings is 1. The van der Waals surface area contributed by atoms with Crippen LogP contribution in [0.4, 0.5) is 0 Å². The minimum atomic E-state index is -0.566. The van der Waals surface area contributed by atoms with Crippen molar-refractivity contribution in [1.29, 1.82) is 0 Å². The lowest BCUT2D eigenvalue weighted by Gasteiger charge is -2.56. The highest BCUT2D eigenvalue weighted by molar-refractivity contribution is 5.93. The fourth-order valence-electron chi connectivity index (χ4n) is 6.42. The number of nitrogens with one attached hydrogen (secondary N) is 1. The van der Waals surface area contributed by atoms with Gasteiger partial charge < -0.3 is 20.1 Å². The van der Waals surface area contributed by atoms with Gasteiger partial charge in [0.15, 0.2) is 0 Å². The van der Waals surface area contributed by atoms with Crippen molar-refractivity contribution in [2.45, 2.75) is 58.6 Å². The van der Waals surface area contributed by atoms with E-state index in [9.17, 15) is 14.7 Å². The summed E-state index contributed by atoms with van der Waals surface area (Å²) in [7, 11) is 0. The first-order chi connectivity index (χ1) is 15.3. The van der Waals surface area contributed by atoms with E-state index in [0.29, 0.717) is 31.9 Å². The summed E-state index contributed by atoms with van der Waals surface area (Å²) in [6.07, 6.45) is 7.57. The Balaban J connectivity index is 1.47. The molecule has 0 radical (unpaired) electrons. The van der Waals surface area contributed by atoms with E-state index in [-0.39, 0.29) is 46.9 Å². The van der Waals surface area contributed by atoms with Crippen LogP contribution < -0.4 is 5.32 Å². The van der Waals surface area contributed by atoms with Gasteiger partial charge in [0.25, 0.3) is 5.91 Å². The molecule has 2 aliphatic carbocycles. The molecular weight excluding hydrogens is 408 g/mol. The fraction of sp³-hybridized carbons (Fsp3) is 0.750. The second-order valence-corrected chi connectivity index (χ2v) is 10.2. The summed E-state index contributed by atoms with van der Waals surface area (Å²) in [4.78, 5) is 35.6. The van der Waals surface area contributed by atoms with E-state index in [1.807, 2.05) is 11.8 Å². The van der Waals surface area contributed by atoms with E-state index in [1.165, 1.54) is 18.7 Å². The topological polar surface area (TPSA) is 105 Å². The number of aromatic nitrogens is 2. The summed E-state index contributed by atoms with van der Waals surface area (Å²) in [6.45, 7) is 8.78. The first-order valence-electron chi connectivity index (χ1n) is 11.9. The maximum absolute atomic E-state index is 13.1. The molecule has 2 heterocycles. The van der Waals surface area contributed by atoms with Crippen molar-refractivity contribution in [2.75, 3.05) is 26.3 Å². The summed E-state index contributed by atoms with van der Waals surface area (Å²) in [5.74, 6) is -0.209. The van der Waals surface area contributed by atoms with Gasteiger partial charge in [-0.1, -0.05) is 20.8 Å². The SMILES string of the molecule is C[C@H]1[C@@H]2[C@@H](O)[C@@H]([C@H](C)C(=O)N3CCOCC3)CC[C@@]2(C)CC[C@@H]1NC(=O)c1cncnc1. The van der Waals surface area contributed by atoms with Gasteiger partial charge in [-0.15, -0.1) is 0 Å². The van der Waals surface area contributed by atoms with Crippen LogP contribution in [0.1, 0.15) is 56.8 Å². The summed E-state index contributed by atoms with van der Waals surface area (Å²) in [6, 6.07) is -0.0283. The van der Waals surface area contributed by atoms with Crippen molar-refractivity contribution in [3.63, 3.8) is 0 Å². The van der Waals surface area contributed by atoms with Crippen LogP contribution in [-0.2, 0) is 9.53 Å². The Morgan fingerprint density at radius 1 is 1.22 bits per heavy atom. The van der Waals surface area contributed by atoms with Crippen LogP contribution in [0.3, 0.4) is 0 Å². The van der Waals surface area contributed by atoms with E-state index in [4.69, 9.17) is 4.74 Å². The molecule has 2 amide bonds. The first kappa shape index (κ1) is 23.1. The molecular formula is C24H36N4O4. The highest BCUT2D eigenvalue weighted by Crippen LogP contribution is 2.55. The number of carbonyl (C=O) groups excluding carboxylic acids is 2. The van der Waals surface area contributed by atoms with Crippen molar-refractivity contribution in [1.82, 2.24) is 20.2 Å². The van der Waals surface area contributed by atoms with Gasteiger partial charge in [0.05, 0.1) is 24.9 Å². The largest absolute Gasteiger partial charge is 0.392 e. The van der Waals surface area contributed by atoms with Crippen molar-refractivity contribution < 1.29 is 19.4 Å². The molecule has 3 fully saturated rings. The average Bonchev–Trinajstić information content (AvgIpc) is 2.81. The number of nitrogens with zero attached hydrogens (tertiary/aromatic N) is 3. The normalized spacial score (nSPS) is 36.1. The maximum atomic E-state index is 13.1. The van der Waals surface area contributed by atoms with Gasteiger partial charge in [0, 0.05) is 37.4 Å².